The fraction of sp³-hybridized carbons (Fsp3) is 0.600. The first-order valence-electron chi connectivity index (χ1n) is 7.11. The van der Waals surface area contributed by atoms with Gasteiger partial charge in [-0.3, -0.25) is 0 Å². The Kier molecular flexibility index (Phi) is 4.45. The molecule has 0 saturated heterocycles. The summed E-state index contributed by atoms with van der Waals surface area (Å²) in [5, 5.41) is 3.10. The molecular weight excluding hydrogens is 265 g/mol. The average molecular weight is 286 g/mol. The molecule has 0 bridgehead atoms. The van der Waals surface area contributed by atoms with Crippen LogP contribution < -0.4 is 11.1 Å². The minimum absolute atomic E-state index is 0.0993. The van der Waals surface area contributed by atoms with E-state index in [1.54, 1.807) is 0 Å². The van der Waals surface area contributed by atoms with Crippen LogP contribution in [-0.2, 0) is 6.18 Å². The number of rotatable bonds is 2. The van der Waals surface area contributed by atoms with Gasteiger partial charge >= 0.3 is 6.18 Å². The van der Waals surface area contributed by atoms with Gasteiger partial charge in [0.15, 0.2) is 0 Å². The van der Waals surface area contributed by atoms with Gasteiger partial charge in [-0.25, -0.2) is 0 Å². The molecule has 2 atom stereocenters. The maximum absolute atomic E-state index is 13.1. The first kappa shape index (κ1) is 15.0. The van der Waals surface area contributed by atoms with Crippen LogP contribution in [0.15, 0.2) is 18.2 Å². The maximum Gasteiger partial charge on any atom is 0.418 e. The summed E-state index contributed by atoms with van der Waals surface area (Å²) in [6.07, 6.45) is 0.991. The fourth-order valence-electron chi connectivity index (χ4n) is 2.83. The maximum atomic E-state index is 13.1. The van der Waals surface area contributed by atoms with Crippen LogP contribution in [0.5, 0.6) is 0 Å². The van der Waals surface area contributed by atoms with Gasteiger partial charge in [0, 0.05) is 17.4 Å². The van der Waals surface area contributed by atoms with E-state index in [4.69, 9.17) is 5.73 Å². The normalized spacial score (nSPS) is 24.2. The molecule has 1 aromatic rings. The summed E-state index contributed by atoms with van der Waals surface area (Å²) in [5.74, 6) is 0.385. The molecule has 3 N–H and O–H groups in total. The first-order valence-corrected chi connectivity index (χ1v) is 7.11. The Balaban J connectivity index is 2.24. The lowest BCUT2D eigenvalue weighted by Crippen LogP contribution is -2.27. The molecule has 1 fully saturated rings. The van der Waals surface area contributed by atoms with Crippen LogP contribution in [0.1, 0.15) is 44.6 Å². The lowest BCUT2D eigenvalue weighted by atomic mass is 9.96. The van der Waals surface area contributed by atoms with E-state index in [2.05, 4.69) is 12.2 Å². The molecule has 0 aliphatic heterocycles. The summed E-state index contributed by atoms with van der Waals surface area (Å²) in [4.78, 5) is 0. The highest BCUT2D eigenvalue weighted by Gasteiger charge is 2.34. The van der Waals surface area contributed by atoms with Gasteiger partial charge < -0.3 is 11.1 Å². The number of nitrogens with one attached hydrogen (secondary N) is 1. The average Bonchev–Trinajstić information content (AvgIpc) is 2.56. The van der Waals surface area contributed by atoms with Crippen LogP contribution in [0, 0.1) is 5.92 Å². The second-order valence-corrected chi connectivity index (χ2v) is 5.67. The smallest absolute Gasteiger partial charge is 0.399 e. The third-order valence-electron chi connectivity index (χ3n) is 4.05. The topological polar surface area (TPSA) is 38.0 Å². The van der Waals surface area contributed by atoms with Crippen LogP contribution in [0.25, 0.3) is 0 Å². The molecular formula is C15H21F3N2. The number of nitrogens with two attached hydrogens (primary N) is 1. The predicted octanol–water partition coefficient (Wildman–Crippen LogP) is 4.67. The second kappa shape index (κ2) is 5.94. The van der Waals surface area contributed by atoms with E-state index in [9.17, 15) is 13.2 Å². The zero-order valence-corrected chi connectivity index (χ0v) is 11.6. The van der Waals surface area contributed by atoms with E-state index in [0.717, 1.165) is 38.2 Å². The van der Waals surface area contributed by atoms with Crippen molar-refractivity contribution in [2.75, 3.05) is 11.1 Å². The number of hydrogen-bond acceptors (Lipinski definition) is 2. The van der Waals surface area contributed by atoms with Crippen LogP contribution in [0.3, 0.4) is 0 Å². The zero-order chi connectivity index (χ0) is 14.8. The van der Waals surface area contributed by atoms with Crippen LogP contribution >= 0.6 is 0 Å². The number of halogens is 3. The summed E-state index contributed by atoms with van der Waals surface area (Å²) in [5.41, 5.74) is 5.09. The van der Waals surface area contributed by atoms with Crippen molar-refractivity contribution in [1.29, 1.82) is 0 Å². The molecule has 112 valence electrons. The summed E-state index contributed by atoms with van der Waals surface area (Å²) in [6.45, 7) is 2.10. The van der Waals surface area contributed by atoms with Crippen molar-refractivity contribution in [3.63, 3.8) is 0 Å². The van der Waals surface area contributed by atoms with E-state index in [1.807, 2.05) is 0 Å². The standard InChI is InChI=1S/C15H21F3N2/c1-10-5-3-2-4-6-13(10)20-14-8-7-11(19)9-12(14)15(16,17)18/h7-10,13,20H,2-6,19H2,1H3. The van der Waals surface area contributed by atoms with Gasteiger partial charge in [-0.2, -0.15) is 13.2 Å². The van der Waals surface area contributed by atoms with Crippen molar-refractivity contribution in [3.05, 3.63) is 23.8 Å². The van der Waals surface area contributed by atoms with Crippen LogP contribution in [-0.4, -0.2) is 6.04 Å². The lowest BCUT2D eigenvalue weighted by molar-refractivity contribution is -0.136. The Morgan fingerprint density at radius 1 is 1.15 bits per heavy atom. The Morgan fingerprint density at radius 3 is 2.55 bits per heavy atom. The van der Waals surface area contributed by atoms with Crippen molar-refractivity contribution in [3.8, 4) is 0 Å². The minimum Gasteiger partial charge on any atom is -0.399 e. The number of nitrogen functional groups attached to an aromatic ring is 1. The van der Waals surface area contributed by atoms with Crippen molar-refractivity contribution < 1.29 is 13.2 Å². The monoisotopic (exact) mass is 286 g/mol. The molecule has 1 saturated carbocycles. The third kappa shape index (κ3) is 3.58. The fourth-order valence-corrected chi connectivity index (χ4v) is 2.83. The van der Waals surface area contributed by atoms with Crippen molar-refractivity contribution in [2.45, 2.75) is 51.2 Å². The molecule has 2 rings (SSSR count). The SMILES string of the molecule is CC1CCCCCC1Nc1ccc(N)cc1C(F)(F)F. The Bertz CT molecular complexity index is 457. The molecule has 2 unspecified atom stereocenters. The molecule has 2 nitrogen and oxygen atoms in total. The molecule has 0 spiro atoms. The van der Waals surface area contributed by atoms with Gasteiger partial charge in [-0.05, 0) is 37.0 Å². The summed E-state index contributed by atoms with van der Waals surface area (Å²) < 4.78 is 39.2. The Morgan fingerprint density at radius 2 is 1.85 bits per heavy atom. The number of hydrogen-bond donors (Lipinski definition) is 2. The molecule has 0 heterocycles. The Labute approximate surface area is 117 Å². The molecule has 1 aliphatic carbocycles. The van der Waals surface area contributed by atoms with E-state index in [0.29, 0.717) is 5.92 Å². The van der Waals surface area contributed by atoms with E-state index in [1.165, 1.54) is 12.1 Å². The van der Waals surface area contributed by atoms with E-state index in [-0.39, 0.29) is 17.4 Å². The van der Waals surface area contributed by atoms with Gasteiger partial charge in [0.2, 0.25) is 0 Å². The highest BCUT2D eigenvalue weighted by Crippen LogP contribution is 2.37. The van der Waals surface area contributed by atoms with Gasteiger partial charge in [-0.15, -0.1) is 0 Å². The zero-order valence-electron chi connectivity index (χ0n) is 11.6. The number of anilines is 2. The van der Waals surface area contributed by atoms with Gasteiger partial charge in [0.25, 0.3) is 0 Å². The van der Waals surface area contributed by atoms with Gasteiger partial charge in [0.1, 0.15) is 0 Å². The third-order valence-corrected chi connectivity index (χ3v) is 4.05. The molecule has 5 heteroatoms. The van der Waals surface area contributed by atoms with E-state index >= 15 is 0 Å². The molecule has 0 amide bonds. The van der Waals surface area contributed by atoms with Gasteiger partial charge in [0.05, 0.1) is 5.56 Å². The van der Waals surface area contributed by atoms with Crippen LogP contribution in [0.2, 0.25) is 0 Å². The number of alkyl halides is 3. The molecule has 0 aromatic heterocycles. The van der Waals surface area contributed by atoms with Crippen molar-refractivity contribution in [2.24, 2.45) is 5.92 Å². The molecule has 20 heavy (non-hydrogen) atoms. The van der Waals surface area contributed by atoms with E-state index < -0.39 is 11.7 Å². The van der Waals surface area contributed by atoms with Crippen molar-refractivity contribution in [1.82, 2.24) is 0 Å². The highest BCUT2D eigenvalue weighted by molar-refractivity contribution is 5.59. The summed E-state index contributed by atoms with van der Waals surface area (Å²) in [7, 11) is 0. The van der Waals surface area contributed by atoms with Crippen molar-refractivity contribution >= 4 is 11.4 Å². The van der Waals surface area contributed by atoms with Gasteiger partial charge in [-0.1, -0.05) is 26.2 Å². The summed E-state index contributed by atoms with van der Waals surface area (Å²) in [6, 6.07) is 4.06. The predicted molar refractivity (Wildman–Crippen MR) is 75.5 cm³/mol. The minimum atomic E-state index is -4.38. The molecule has 1 aromatic carbocycles. The quantitative estimate of drug-likeness (QED) is 0.612. The Hall–Kier alpha value is -1.39. The highest BCUT2D eigenvalue weighted by atomic mass is 19.4. The molecule has 0 radical (unpaired) electrons. The van der Waals surface area contributed by atoms with Crippen LogP contribution in [0.4, 0.5) is 24.5 Å². The first-order chi connectivity index (χ1) is 9.38. The number of benzene rings is 1. The lowest BCUT2D eigenvalue weighted by Gasteiger charge is -2.26. The second-order valence-electron chi connectivity index (χ2n) is 5.67. The summed E-state index contributed by atoms with van der Waals surface area (Å²) >= 11 is 0. The largest absolute Gasteiger partial charge is 0.418 e. The molecule has 1 aliphatic rings.